The molecule has 2 N–H and O–H groups in total. The Morgan fingerprint density at radius 2 is 2.00 bits per heavy atom. The number of benzene rings is 1. The van der Waals surface area contributed by atoms with Crippen molar-refractivity contribution >= 4 is 11.9 Å². The minimum absolute atomic E-state index is 0.137. The van der Waals surface area contributed by atoms with Gasteiger partial charge >= 0.3 is 5.97 Å². The van der Waals surface area contributed by atoms with E-state index in [1.54, 1.807) is 0 Å². The standard InChI is InChI=1S/C14H19NO4/c1-2-6-12(14(17)18)15-13(16)10-19-9-11-7-4-3-5-8-11/h3-5,7-8,12H,2,6,9-10H2,1H3,(H,15,16)(H,17,18)/t12-/m1/s1. The van der Waals surface area contributed by atoms with E-state index in [9.17, 15) is 9.59 Å². The number of ether oxygens (including phenoxy) is 1. The lowest BCUT2D eigenvalue weighted by atomic mass is 10.2. The molecular formula is C14H19NO4. The molecule has 0 unspecified atom stereocenters. The molecule has 1 amide bonds. The number of amides is 1. The summed E-state index contributed by atoms with van der Waals surface area (Å²) in [5.41, 5.74) is 0.971. The summed E-state index contributed by atoms with van der Waals surface area (Å²) in [5, 5.41) is 11.3. The molecule has 1 atom stereocenters. The molecule has 0 saturated carbocycles. The lowest BCUT2D eigenvalue weighted by Crippen LogP contribution is -2.42. The van der Waals surface area contributed by atoms with Gasteiger partial charge in [0, 0.05) is 0 Å². The van der Waals surface area contributed by atoms with Crippen LogP contribution in [0.4, 0.5) is 0 Å². The van der Waals surface area contributed by atoms with Crippen molar-refractivity contribution in [2.24, 2.45) is 0 Å². The summed E-state index contributed by atoms with van der Waals surface area (Å²) in [6.45, 7) is 2.07. The van der Waals surface area contributed by atoms with E-state index in [1.165, 1.54) is 0 Å². The molecule has 0 aliphatic carbocycles. The summed E-state index contributed by atoms with van der Waals surface area (Å²) in [4.78, 5) is 22.4. The smallest absolute Gasteiger partial charge is 0.326 e. The predicted molar refractivity (Wildman–Crippen MR) is 70.6 cm³/mol. The zero-order chi connectivity index (χ0) is 14.1. The molecule has 1 aromatic rings. The fourth-order valence-corrected chi connectivity index (χ4v) is 1.62. The molecule has 0 spiro atoms. The van der Waals surface area contributed by atoms with E-state index < -0.39 is 17.9 Å². The van der Waals surface area contributed by atoms with E-state index in [0.29, 0.717) is 19.4 Å². The fraction of sp³-hybridized carbons (Fsp3) is 0.429. The van der Waals surface area contributed by atoms with Crippen LogP contribution in [0.5, 0.6) is 0 Å². The van der Waals surface area contributed by atoms with Crippen LogP contribution in [0.1, 0.15) is 25.3 Å². The number of aliphatic carboxylic acids is 1. The number of nitrogens with one attached hydrogen (secondary N) is 1. The molecule has 0 saturated heterocycles. The molecule has 0 aliphatic rings. The van der Waals surface area contributed by atoms with Crippen molar-refractivity contribution in [3.05, 3.63) is 35.9 Å². The Kier molecular flexibility index (Phi) is 6.60. The number of carboxylic acid groups (broad SMARTS) is 1. The van der Waals surface area contributed by atoms with E-state index in [0.717, 1.165) is 5.56 Å². The van der Waals surface area contributed by atoms with Crippen molar-refractivity contribution < 1.29 is 19.4 Å². The summed E-state index contributed by atoms with van der Waals surface area (Å²) >= 11 is 0. The lowest BCUT2D eigenvalue weighted by Gasteiger charge is -2.13. The summed E-state index contributed by atoms with van der Waals surface area (Å²) in [6.07, 6.45) is 1.11. The van der Waals surface area contributed by atoms with Crippen molar-refractivity contribution in [1.82, 2.24) is 5.32 Å². The molecule has 5 heteroatoms. The first-order valence-corrected chi connectivity index (χ1v) is 6.27. The maximum absolute atomic E-state index is 11.5. The van der Waals surface area contributed by atoms with Crippen molar-refractivity contribution in [3.63, 3.8) is 0 Å². The number of carboxylic acids is 1. The monoisotopic (exact) mass is 265 g/mol. The normalized spacial score (nSPS) is 11.8. The topological polar surface area (TPSA) is 75.6 Å². The van der Waals surface area contributed by atoms with Gasteiger partial charge in [-0.3, -0.25) is 4.79 Å². The van der Waals surface area contributed by atoms with Crippen molar-refractivity contribution in [2.45, 2.75) is 32.4 Å². The van der Waals surface area contributed by atoms with Gasteiger partial charge in [-0.05, 0) is 12.0 Å². The van der Waals surface area contributed by atoms with Crippen LogP contribution in [-0.2, 0) is 20.9 Å². The Morgan fingerprint density at radius 1 is 1.32 bits per heavy atom. The zero-order valence-corrected chi connectivity index (χ0v) is 11.0. The maximum Gasteiger partial charge on any atom is 0.326 e. The quantitative estimate of drug-likeness (QED) is 0.748. The molecule has 0 radical (unpaired) electrons. The molecule has 1 rings (SSSR count). The minimum Gasteiger partial charge on any atom is -0.480 e. The SMILES string of the molecule is CCC[C@@H](NC(=O)COCc1ccccc1)C(=O)O. The van der Waals surface area contributed by atoms with Gasteiger partial charge in [0.1, 0.15) is 12.6 Å². The maximum atomic E-state index is 11.5. The molecule has 0 bridgehead atoms. The van der Waals surface area contributed by atoms with Crippen molar-refractivity contribution in [2.75, 3.05) is 6.61 Å². The Balaban J connectivity index is 2.29. The molecule has 0 aromatic heterocycles. The molecule has 0 aliphatic heterocycles. The molecular weight excluding hydrogens is 246 g/mol. The van der Waals surface area contributed by atoms with Crippen LogP contribution in [0.15, 0.2) is 30.3 Å². The first-order valence-electron chi connectivity index (χ1n) is 6.27. The number of carbonyl (C=O) groups is 2. The number of rotatable bonds is 8. The third-order valence-corrected chi connectivity index (χ3v) is 2.56. The van der Waals surface area contributed by atoms with Crippen LogP contribution in [-0.4, -0.2) is 29.6 Å². The number of hydrogen-bond acceptors (Lipinski definition) is 3. The van der Waals surface area contributed by atoms with Crippen LogP contribution < -0.4 is 5.32 Å². The second-order valence-electron chi connectivity index (χ2n) is 4.23. The van der Waals surface area contributed by atoms with E-state index in [-0.39, 0.29) is 6.61 Å². The van der Waals surface area contributed by atoms with Gasteiger partial charge in [-0.15, -0.1) is 0 Å². The average molecular weight is 265 g/mol. The van der Waals surface area contributed by atoms with Crippen molar-refractivity contribution in [3.8, 4) is 0 Å². The molecule has 0 heterocycles. The van der Waals surface area contributed by atoms with E-state index in [2.05, 4.69) is 5.32 Å². The Hall–Kier alpha value is -1.88. The third-order valence-electron chi connectivity index (χ3n) is 2.56. The van der Waals surface area contributed by atoms with Gasteiger partial charge in [-0.25, -0.2) is 4.79 Å². The van der Waals surface area contributed by atoms with Crippen LogP contribution in [0.3, 0.4) is 0 Å². The highest BCUT2D eigenvalue weighted by molar-refractivity contribution is 5.84. The third kappa shape index (κ3) is 6.01. The lowest BCUT2D eigenvalue weighted by molar-refractivity contribution is -0.142. The first kappa shape index (κ1) is 15.2. The van der Waals surface area contributed by atoms with Gasteiger partial charge in [0.2, 0.25) is 5.91 Å². The Bertz CT molecular complexity index is 405. The first-order chi connectivity index (χ1) is 9.13. The van der Waals surface area contributed by atoms with Gasteiger partial charge in [0.05, 0.1) is 6.61 Å². The zero-order valence-electron chi connectivity index (χ0n) is 11.0. The molecule has 104 valence electrons. The van der Waals surface area contributed by atoms with E-state index in [4.69, 9.17) is 9.84 Å². The Labute approximate surface area is 112 Å². The number of hydrogen-bond donors (Lipinski definition) is 2. The van der Waals surface area contributed by atoms with Gasteiger partial charge in [-0.2, -0.15) is 0 Å². The molecule has 19 heavy (non-hydrogen) atoms. The minimum atomic E-state index is -1.02. The van der Waals surface area contributed by atoms with Gasteiger partial charge < -0.3 is 15.2 Å². The van der Waals surface area contributed by atoms with Crippen LogP contribution in [0.2, 0.25) is 0 Å². The Morgan fingerprint density at radius 3 is 2.58 bits per heavy atom. The summed E-state index contributed by atoms with van der Waals surface area (Å²) in [7, 11) is 0. The molecule has 0 fully saturated rings. The highest BCUT2D eigenvalue weighted by atomic mass is 16.5. The van der Waals surface area contributed by atoms with Gasteiger partial charge in [0.15, 0.2) is 0 Å². The van der Waals surface area contributed by atoms with Crippen LogP contribution in [0.25, 0.3) is 0 Å². The summed E-state index contributed by atoms with van der Waals surface area (Å²) < 4.78 is 5.24. The predicted octanol–water partition coefficient (Wildman–Crippen LogP) is 1.57. The van der Waals surface area contributed by atoms with Crippen LogP contribution >= 0.6 is 0 Å². The highest BCUT2D eigenvalue weighted by Crippen LogP contribution is 2.01. The number of carbonyl (C=O) groups excluding carboxylic acids is 1. The van der Waals surface area contributed by atoms with Gasteiger partial charge in [-0.1, -0.05) is 43.7 Å². The molecule has 1 aromatic carbocycles. The van der Waals surface area contributed by atoms with E-state index >= 15 is 0 Å². The summed E-state index contributed by atoms with van der Waals surface area (Å²) in [6, 6.07) is 8.64. The second-order valence-corrected chi connectivity index (χ2v) is 4.23. The summed E-state index contributed by atoms with van der Waals surface area (Å²) in [5.74, 6) is -1.42. The van der Waals surface area contributed by atoms with Crippen molar-refractivity contribution in [1.29, 1.82) is 0 Å². The molecule has 5 nitrogen and oxygen atoms in total. The largest absolute Gasteiger partial charge is 0.480 e. The van der Waals surface area contributed by atoms with Gasteiger partial charge in [0.25, 0.3) is 0 Å². The second kappa shape index (κ2) is 8.26. The van der Waals surface area contributed by atoms with Crippen LogP contribution in [0, 0.1) is 0 Å². The highest BCUT2D eigenvalue weighted by Gasteiger charge is 2.18. The average Bonchev–Trinajstić information content (AvgIpc) is 2.39. The fourth-order valence-electron chi connectivity index (χ4n) is 1.62. The van der Waals surface area contributed by atoms with E-state index in [1.807, 2.05) is 37.3 Å².